The smallest absolute Gasteiger partial charge is 0.140 e. The lowest BCUT2D eigenvalue weighted by atomic mass is 10.3. The first-order chi connectivity index (χ1) is 5.77. The molecule has 1 atom stereocenters. The first-order valence-electron chi connectivity index (χ1n) is 3.82. The van der Waals surface area contributed by atoms with E-state index in [1.54, 1.807) is 7.05 Å². The van der Waals surface area contributed by atoms with Gasteiger partial charge in [0.1, 0.15) is 5.69 Å². The quantitative estimate of drug-likeness (QED) is 0.567. The second-order valence-corrected chi connectivity index (χ2v) is 2.45. The van der Waals surface area contributed by atoms with E-state index in [4.69, 9.17) is 5.84 Å². The lowest BCUT2D eigenvalue weighted by Crippen LogP contribution is -3.07. The van der Waals surface area contributed by atoms with Crippen molar-refractivity contribution in [2.75, 3.05) is 19.4 Å². The van der Waals surface area contributed by atoms with E-state index in [9.17, 15) is 0 Å². The van der Waals surface area contributed by atoms with Crippen molar-refractivity contribution < 1.29 is 5.12 Å². The van der Waals surface area contributed by atoms with E-state index in [2.05, 4.69) is 10.7 Å². The molecule has 1 unspecified atom stereocenters. The fourth-order valence-corrected chi connectivity index (χ4v) is 0.948. The van der Waals surface area contributed by atoms with Crippen LogP contribution in [0.2, 0.25) is 0 Å². The van der Waals surface area contributed by atoms with E-state index >= 15 is 0 Å². The Kier molecular flexibility index (Phi) is 3.04. The fourth-order valence-electron chi connectivity index (χ4n) is 0.948. The number of rotatable bonds is 3. The van der Waals surface area contributed by atoms with Gasteiger partial charge in [-0.2, -0.15) is 5.43 Å². The van der Waals surface area contributed by atoms with Crippen LogP contribution >= 0.6 is 0 Å². The Morgan fingerprint density at radius 2 is 1.75 bits per heavy atom. The van der Waals surface area contributed by atoms with Gasteiger partial charge in [-0.1, -0.05) is 0 Å². The number of hydrogen-bond donors (Lipinski definition) is 3. The van der Waals surface area contributed by atoms with Crippen molar-refractivity contribution in [3.05, 3.63) is 30.1 Å². The summed E-state index contributed by atoms with van der Waals surface area (Å²) >= 11 is 0. The van der Waals surface area contributed by atoms with E-state index < -0.39 is 0 Å². The minimum atomic E-state index is 0.442. The normalized spacial score (nSPS) is 12.6. The number of nitrogens with one attached hydrogen (secondary N) is 4. The number of benzene rings is 1. The first-order valence-corrected chi connectivity index (χ1v) is 3.82. The first kappa shape index (κ1) is 8.99. The molecular weight excluding hydrogens is 152 g/mol. The van der Waals surface area contributed by atoms with Gasteiger partial charge in [0.25, 0.3) is 0 Å². The van der Waals surface area contributed by atoms with Crippen LogP contribution in [0.4, 0.5) is 11.4 Å². The number of hydrogen-bond acceptors (Lipinski definition) is 2. The number of anilines is 1. The molecule has 4 nitrogen and oxygen atoms in total. The summed E-state index contributed by atoms with van der Waals surface area (Å²) in [6.45, 7) is 0. The highest BCUT2D eigenvalue weighted by atomic mass is 15.7. The van der Waals surface area contributed by atoms with E-state index in [-0.39, 0.29) is 0 Å². The molecule has 66 valence electrons. The Morgan fingerprint density at radius 3 is 2.17 bits per heavy atom. The summed E-state index contributed by atoms with van der Waals surface area (Å²) in [7, 11) is 3.62. The maximum absolute atomic E-state index is 7.47. The minimum absolute atomic E-state index is 0.442. The van der Waals surface area contributed by atoms with Crippen molar-refractivity contribution in [2.24, 2.45) is 0 Å². The molecule has 4 heteroatoms. The van der Waals surface area contributed by atoms with E-state index in [0.717, 1.165) is 11.4 Å². The minimum Gasteiger partial charge on any atom is -0.443 e. The number of quaternary nitrogens is 1. The average molecular weight is 166 g/mol. The molecule has 0 aromatic heterocycles. The van der Waals surface area contributed by atoms with Gasteiger partial charge in [0.15, 0.2) is 0 Å². The fraction of sp³-hybridized carbons (Fsp3) is 0.250. The Morgan fingerprint density at radius 1 is 1.17 bits per heavy atom. The Bertz CT molecular complexity index is 231. The molecule has 0 aliphatic carbocycles. The van der Waals surface area contributed by atoms with Crippen molar-refractivity contribution in [3.63, 3.8) is 0 Å². The SMILES string of the molecule is CNc1ccc([NH+]([NH-])NC)cc1. The second-order valence-electron chi connectivity index (χ2n) is 2.45. The van der Waals surface area contributed by atoms with E-state index in [1.165, 1.54) is 0 Å². The molecule has 0 aliphatic heterocycles. The van der Waals surface area contributed by atoms with Crippen LogP contribution in [0, 0.1) is 0 Å². The largest absolute Gasteiger partial charge is 0.443 e. The van der Waals surface area contributed by atoms with Crippen LogP contribution in [-0.2, 0) is 0 Å². The van der Waals surface area contributed by atoms with Crippen molar-refractivity contribution in [2.45, 2.75) is 0 Å². The van der Waals surface area contributed by atoms with Crippen LogP contribution in [0.1, 0.15) is 0 Å². The highest BCUT2D eigenvalue weighted by Crippen LogP contribution is 2.08. The molecular formula is C8H14N4. The molecule has 1 rings (SSSR count). The second kappa shape index (κ2) is 4.06. The molecule has 0 saturated carbocycles. The molecule has 4 N–H and O–H groups in total. The van der Waals surface area contributed by atoms with E-state index in [0.29, 0.717) is 5.12 Å². The Balaban J connectivity index is 2.77. The van der Waals surface area contributed by atoms with Crippen LogP contribution in [-0.4, -0.2) is 14.1 Å². The third-order valence-corrected chi connectivity index (χ3v) is 1.71. The topological polar surface area (TPSA) is 52.3 Å². The maximum Gasteiger partial charge on any atom is 0.140 e. The molecule has 1 aromatic rings. The third kappa shape index (κ3) is 1.94. The monoisotopic (exact) mass is 166 g/mol. The van der Waals surface area contributed by atoms with Crippen molar-refractivity contribution >= 4 is 11.4 Å². The van der Waals surface area contributed by atoms with Crippen molar-refractivity contribution in [3.8, 4) is 0 Å². The third-order valence-electron chi connectivity index (χ3n) is 1.71. The van der Waals surface area contributed by atoms with Gasteiger partial charge < -0.3 is 11.2 Å². The van der Waals surface area contributed by atoms with Gasteiger partial charge in [-0.05, 0) is 12.1 Å². The van der Waals surface area contributed by atoms with Crippen LogP contribution in [0.3, 0.4) is 0 Å². The van der Waals surface area contributed by atoms with Crippen molar-refractivity contribution in [1.82, 2.24) is 5.43 Å². The van der Waals surface area contributed by atoms with Gasteiger partial charge in [-0.3, -0.25) is 5.12 Å². The lowest BCUT2D eigenvalue weighted by molar-refractivity contribution is -0.825. The van der Waals surface area contributed by atoms with Gasteiger partial charge in [0.2, 0.25) is 0 Å². The van der Waals surface area contributed by atoms with Gasteiger partial charge in [-0.15, -0.1) is 0 Å². The van der Waals surface area contributed by atoms with Crippen molar-refractivity contribution in [1.29, 1.82) is 0 Å². The summed E-state index contributed by atoms with van der Waals surface area (Å²) in [6.07, 6.45) is 0. The molecule has 12 heavy (non-hydrogen) atoms. The summed E-state index contributed by atoms with van der Waals surface area (Å²) in [5.74, 6) is 7.47. The van der Waals surface area contributed by atoms with Crippen LogP contribution in [0.5, 0.6) is 0 Å². The molecule has 0 heterocycles. The van der Waals surface area contributed by atoms with Crippen LogP contribution in [0.25, 0.3) is 5.84 Å². The molecule has 0 fully saturated rings. The summed E-state index contributed by atoms with van der Waals surface area (Å²) in [5.41, 5.74) is 4.74. The zero-order chi connectivity index (χ0) is 8.97. The molecule has 0 bridgehead atoms. The Hall–Kier alpha value is -1.10. The maximum atomic E-state index is 7.47. The molecule has 0 spiro atoms. The molecule has 0 radical (unpaired) electrons. The van der Waals surface area contributed by atoms with Gasteiger partial charge >= 0.3 is 0 Å². The predicted octanol–water partition coefficient (Wildman–Crippen LogP) is 0.346. The summed E-state index contributed by atoms with van der Waals surface area (Å²) in [6, 6.07) is 7.71. The van der Waals surface area contributed by atoms with E-state index in [1.807, 2.05) is 31.3 Å². The highest BCUT2D eigenvalue weighted by molar-refractivity contribution is 5.47. The van der Waals surface area contributed by atoms with Crippen LogP contribution < -0.4 is 15.9 Å². The molecule has 1 aromatic carbocycles. The lowest BCUT2D eigenvalue weighted by Gasteiger charge is -2.18. The van der Waals surface area contributed by atoms with Gasteiger partial charge in [0.05, 0.1) is 0 Å². The summed E-state index contributed by atoms with van der Waals surface area (Å²) < 4.78 is 0. The summed E-state index contributed by atoms with van der Waals surface area (Å²) in [4.78, 5) is 0. The zero-order valence-electron chi connectivity index (χ0n) is 7.31. The Labute approximate surface area is 72.3 Å². The molecule has 0 aliphatic rings. The standard InChI is InChI=1S/C8H14N4/c1-10-7-3-5-8(6-4-7)12(9)11-2/h3-6,9-12H,1-2H3. The zero-order valence-corrected chi connectivity index (χ0v) is 7.31. The average Bonchev–Trinajstić information content (AvgIpc) is 2.17. The van der Waals surface area contributed by atoms with Crippen LogP contribution in [0.15, 0.2) is 24.3 Å². The molecule has 0 saturated heterocycles. The van der Waals surface area contributed by atoms with Gasteiger partial charge in [0, 0.05) is 31.9 Å². The van der Waals surface area contributed by atoms with Gasteiger partial charge in [-0.25, -0.2) is 0 Å². The highest BCUT2D eigenvalue weighted by Gasteiger charge is 1.97. The molecule has 0 amide bonds. The predicted molar refractivity (Wildman–Crippen MR) is 50.0 cm³/mol. The summed E-state index contributed by atoms with van der Waals surface area (Å²) in [5, 5.41) is 3.46.